The highest BCUT2D eigenvalue weighted by molar-refractivity contribution is 6.06. The number of alkyl carbamates (subject to hydrolysis) is 1. The van der Waals surface area contributed by atoms with E-state index in [4.69, 9.17) is 15.2 Å². The number of aromatic nitrogens is 1. The fourth-order valence-corrected chi connectivity index (χ4v) is 6.26. The zero-order chi connectivity index (χ0) is 33.6. The summed E-state index contributed by atoms with van der Waals surface area (Å²) in [6.45, 7) is 7.26. The minimum atomic E-state index is -0.820. The fourth-order valence-electron chi connectivity index (χ4n) is 6.26. The lowest BCUT2D eigenvalue weighted by Crippen LogP contribution is -2.40. The highest BCUT2D eigenvalue weighted by Crippen LogP contribution is 2.50. The van der Waals surface area contributed by atoms with E-state index in [1.807, 2.05) is 50.5 Å². The molecular formula is C35H41FN6O5. The molecule has 248 valence electrons. The Morgan fingerprint density at radius 2 is 1.87 bits per heavy atom. The molecule has 1 saturated heterocycles. The van der Waals surface area contributed by atoms with E-state index in [1.165, 1.54) is 6.20 Å². The van der Waals surface area contributed by atoms with Crippen molar-refractivity contribution in [3.8, 4) is 17.2 Å². The van der Waals surface area contributed by atoms with Crippen molar-refractivity contribution in [2.75, 3.05) is 50.9 Å². The van der Waals surface area contributed by atoms with Gasteiger partial charge in [-0.3, -0.25) is 9.59 Å². The molecule has 2 amide bonds. The van der Waals surface area contributed by atoms with Crippen molar-refractivity contribution in [3.05, 3.63) is 64.2 Å². The molecule has 0 spiro atoms. The maximum Gasteiger partial charge on any atom is 0.407 e. The van der Waals surface area contributed by atoms with E-state index >= 15 is 4.39 Å². The molecule has 1 fully saturated rings. The van der Waals surface area contributed by atoms with Gasteiger partial charge in [0, 0.05) is 25.8 Å². The number of ether oxygens (including phenoxy) is 2. The Morgan fingerprint density at radius 3 is 2.57 bits per heavy atom. The Labute approximate surface area is 272 Å². The molecule has 3 aromatic carbocycles. The minimum Gasteiger partial charge on any atom is -0.451 e. The van der Waals surface area contributed by atoms with Crippen LogP contribution in [0.4, 0.5) is 20.6 Å². The third kappa shape index (κ3) is 6.29. The summed E-state index contributed by atoms with van der Waals surface area (Å²) in [5, 5.41) is 7.42. The Balaban J connectivity index is 1.45. The molecule has 0 aliphatic carbocycles. The number of benzene rings is 3. The topological polar surface area (TPSA) is 131 Å². The highest BCUT2D eigenvalue weighted by atomic mass is 19.1. The van der Waals surface area contributed by atoms with Crippen LogP contribution in [0.1, 0.15) is 50.4 Å². The van der Waals surface area contributed by atoms with Gasteiger partial charge >= 0.3 is 6.09 Å². The molecule has 2 aliphatic heterocycles. The van der Waals surface area contributed by atoms with E-state index in [0.717, 1.165) is 30.2 Å². The number of rotatable bonds is 8. The average Bonchev–Trinajstić information content (AvgIpc) is 3.45. The molecule has 0 bridgehead atoms. The molecule has 3 heterocycles. The molecule has 1 atom stereocenters. The molecule has 11 nitrogen and oxygen atoms in total. The quantitative estimate of drug-likeness (QED) is 0.156. The van der Waals surface area contributed by atoms with E-state index in [1.54, 1.807) is 30.2 Å². The van der Waals surface area contributed by atoms with Crippen molar-refractivity contribution >= 4 is 45.1 Å². The predicted molar refractivity (Wildman–Crippen MR) is 182 cm³/mol. The van der Waals surface area contributed by atoms with E-state index in [9.17, 15) is 14.4 Å². The monoisotopic (exact) mass is 644 g/mol. The van der Waals surface area contributed by atoms with Crippen LogP contribution in [0.5, 0.6) is 11.5 Å². The van der Waals surface area contributed by atoms with Gasteiger partial charge in [-0.25, -0.2) is 9.18 Å². The van der Waals surface area contributed by atoms with Crippen molar-refractivity contribution < 1.29 is 23.5 Å². The van der Waals surface area contributed by atoms with E-state index < -0.39 is 28.8 Å². The molecule has 1 unspecified atom stereocenters. The number of nitrogens with two attached hydrogens (primary N) is 1. The number of unbranched alkanes of at least 4 members (excludes halogenated alkanes) is 1. The molecule has 1 aromatic heterocycles. The number of nitrogens with zero attached hydrogens (tertiary/aromatic N) is 3. The molecule has 4 aromatic rings. The van der Waals surface area contributed by atoms with Crippen molar-refractivity contribution in [2.24, 2.45) is 0 Å². The Morgan fingerprint density at radius 1 is 1.15 bits per heavy atom. The number of pyridine rings is 1. The third-order valence-electron chi connectivity index (χ3n) is 8.44. The molecule has 12 heteroatoms. The van der Waals surface area contributed by atoms with E-state index in [0.29, 0.717) is 30.9 Å². The standard InChI is InChI=1S/C35H41FN6O5/c1-35(2,3)47-34(45)39-22-12-15-41(18-22)30-27(36)28(37)26-29-32(30)46-25-17-21-11-7-6-10-20(21)16-24(25)42(29)19-23(31(26)43)33(44)38-13-8-9-14-40(4)5/h6-7,10-11,16-17,19,22H,8-9,12-15,18,37H2,1-5H3,(H,38,44)(H,39,45). The minimum absolute atomic E-state index is 0.0912. The van der Waals surface area contributed by atoms with Crippen LogP contribution >= 0.6 is 0 Å². The van der Waals surface area contributed by atoms with Gasteiger partial charge in [0.2, 0.25) is 5.43 Å². The van der Waals surface area contributed by atoms with Gasteiger partial charge in [0.1, 0.15) is 22.4 Å². The van der Waals surface area contributed by atoms with Crippen LogP contribution in [0.2, 0.25) is 0 Å². The van der Waals surface area contributed by atoms with Crippen LogP contribution in [0.25, 0.3) is 27.4 Å². The fraction of sp³-hybridized carbons (Fsp3) is 0.400. The zero-order valence-electron chi connectivity index (χ0n) is 27.4. The van der Waals surface area contributed by atoms with Gasteiger partial charge < -0.3 is 40.2 Å². The van der Waals surface area contributed by atoms with Crippen LogP contribution in [0.3, 0.4) is 0 Å². The van der Waals surface area contributed by atoms with Crippen LogP contribution in [-0.4, -0.2) is 73.4 Å². The van der Waals surface area contributed by atoms with E-state index in [2.05, 4.69) is 15.5 Å². The second-order valence-electron chi connectivity index (χ2n) is 13.5. The lowest BCUT2D eigenvalue weighted by atomic mass is 10.0. The number of nitrogens with one attached hydrogen (secondary N) is 2. The Bertz CT molecular complexity index is 1950. The highest BCUT2D eigenvalue weighted by Gasteiger charge is 2.36. The van der Waals surface area contributed by atoms with Crippen LogP contribution in [0.15, 0.2) is 47.4 Å². The summed E-state index contributed by atoms with van der Waals surface area (Å²) in [4.78, 5) is 43.7. The molecule has 4 N–H and O–H groups in total. The first-order chi connectivity index (χ1) is 22.3. The average molecular weight is 645 g/mol. The Kier molecular flexibility index (Phi) is 8.47. The van der Waals surface area contributed by atoms with Gasteiger partial charge in [-0.2, -0.15) is 0 Å². The number of amides is 2. The van der Waals surface area contributed by atoms with Crippen molar-refractivity contribution in [1.29, 1.82) is 0 Å². The number of carbonyl (C=O) groups excluding carboxylic acids is 2. The van der Waals surface area contributed by atoms with Crippen molar-refractivity contribution in [1.82, 2.24) is 20.1 Å². The van der Waals surface area contributed by atoms with Crippen LogP contribution < -0.4 is 31.4 Å². The van der Waals surface area contributed by atoms with Gasteiger partial charge in [0.05, 0.1) is 22.8 Å². The first-order valence-electron chi connectivity index (χ1n) is 15.9. The zero-order valence-corrected chi connectivity index (χ0v) is 27.4. The summed E-state index contributed by atoms with van der Waals surface area (Å²) >= 11 is 0. The molecule has 47 heavy (non-hydrogen) atoms. The normalized spacial score (nSPS) is 15.6. The maximum absolute atomic E-state index is 16.5. The molecule has 2 aliphatic rings. The van der Waals surface area contributed by atoms with E-state index in [-0.39, 0.29) is 46.2 Å². The first-order valence-corrected chi connectivity index (χ1v) is 15.9. The number of nitrogen functional groups attached to an aromatic ring is 1. The van der Waals surface area contributed by atoms with Gasteiger partial charge in [-0.1, -0.05) is 24.3 Å². The SMILES string of the molecule is CN(C)CCCCNC(=O)c1cn2c3c(c(N4CCC(NC(=O)OC(C)(C)C)C4)c(F)c(N)c3c1=O)Oc1cc3ccccc3cc1-2. The second-order valence-corrected chi connectivity index (χ2v) is 13.5. The maximum atomic E-state index is 16.5. The van der Waals surface area contributed by atoms with Gasteiger partial charge in [0.15, 0.2) is 17.3 Å². The molecule has 6 rings (SSSR count). The Hall–Kier alpha value is -4.84. The summed E-state index contributed by atoms with van der Waals surface area (Å²) in [6.07, 6.45) is 3.08. The number of fused-ring (bicyclic) bond motifs is 3. The number of carbonyl (C=O) groups is 2. The number of hydrogen-bond acceptors (Lipinski definition) is 8. The number of anilines is 2. The van der Waals surface area contributed by atoms with Crippen molar-refractivity contribution in [2.45, 2.75) is 51.7 Å². The summed E-state index contributed by atoms with van der Waals surface area (Å²) in [6, 6.07) is 11.2. The van der Waals surface area contributed by atoms with Gasteiger partial charge in [0.25, 0.3) is 5.91 Å². The van der Waals surface area contributed by atoms with Crippen LogP contribution in [0, 0.1) is 5.82 Å². The van der Waals surface area contributed by atoms with Crippen LogP contribution in [-0.2, 0) is 4.74 Å². The summed E-state index contributed by atoms with van der Waals surface area (Å²) in [5.41, 5.74) is 5.55. The van der Waals surface area contributed by atoms with Crippen molar-refractivity contribution in [3.63, 3.8) is 0 Å². The third-order valence-corrected chi connectivity index (χ3v) is 8.44. The smallest absolute Gasteiger partial charge is 0.407 e. The predicted octanol–water partition coefficient (Wildman–Crippen LogP) is 5.15. The molecule has 0 saturated carbocycles. The number of halogens is 1. The van der Waals surface area contributed by atoms with Gasteiger partial charge in [-0.15, -0.1) is 0 Å². The lowest BCUT2D eigenvalue weighted by molar-refractivity contribution is 0.0508. The number of hydrogen-bond donors (Lipinski definition) is 3. The summed E-state index contributed by atoms with van der Waals surface area (Å²) in [7, 11) is 3.97. The molecule has 0 radical (unpaired) electrons. The molecular weight excluding hydrogens is 603 g/mol. The summed E-state index contributed by atoms with van der Waals surface area (Å²) < 4.78 is 30.1. The van der Waals surface area contributed by atoms with Gasteiger partial charge in [-0.05, 0) is 83.6 Å². The first kappa shape index (κ1) is 32.1. The lowest BCUT2D eigenvalue weighted by Gasteiger charge is -2.30. The summed E-state index contributed by atoms with van der Waals surface area (Å²) in [5.74, 6) is -0.815. The second kappa shape index (κ2) is 12.4. The largest absolute Gasteiger partial charge is 0.451 e.